The fraction of sp³-hybridized carbons (Fsp3) is 0.533. The number of aryl methyl sites for hydroxylation is 1. The minimum absolute atomic E-state index is 0.0785. The molecule has 5 nitrogen and oxygen atoms in total. The summed E-state index contributed by atoms with van der Waals surface area (Å²) in [6.07, 6.45) is 0. The molecule has 1 fully saturated rings. The van der Waals surface area contributed by atoms with Crippen molar-refractivity contribution in [1.82, 2.24) is 5.32 Å². The van der Waals surface area contributed by atoms with Crippen LogP contribution in [0, 0.1) is 6.92 Å². The summed E-state index contributed by atoms with van der Waals surface area (Å²) in [4.78, 5) is 13.0. The molecule has 1 amide bonds. The number of amides is 1. The van der Waals surface area contributed by atoms with Crippen LogP contribution in [0.5, 0.6) is 5.75 Å². The number of hydrogen-bond donors (Lipinski definition) is 2. The van der Waals surface area contributed by atoms with Crippen LogP contribution < -0.4 is 15.0 Å². The number of benzene rings is 1. The number of carbonyl (C=O) groups excluding carboxylic acids is 1. The maximum atomic E-state index is 11.7. The van der Waals surface area contributed by atoms with E-state index in [2.05, 4.69) is 5.32 Å². The lowest BCUT2D eigenvalue weighted by Gasteiger charge is -2.23. The number of morpholine rings is 1. The Bertz CT molecular complexity index is 431. The number of rotatable bonds is 6. The van der Waals surface area contributed by atoms with Crippen molar-refractivity contribution >= 4 is 5.91 Å². The molecule has 1 aromatic carbocycles. The van der Waals surface area contributed by atoms with Gasteiger partial charge in [0.1, 0.15) is 25.4 Å². The number of nitrogens with one attached hydrogen (secondary N) is 2. The molecule has 110 valence electrons. The van der Waals surface area contributed by atoms with Crippen molar-refractivity contribution < 1.29 is 19.2 Å². The van der Waals surface area contributed by atoms with E-state index in [1.165, 1.54) is 10.5 Å². The molecule has 2 N–H and O–H groups in total. The van der Waals surface area contributed by atoms with Gasteiger partial charge in [-0.3, -0.25) is 4.79 Å². The lowest BCUT2D eigenvalue weighted by molar-refractivity contribution is -0.900. The van der Waals surface area contributed by atoms with Crippen molar-refractivity contribution in [2.75, 3.05) is 46.0 Å². The third-order valence-electron chi connectivity index (χ3n) is 3.29. The summed E-state index contributed by atoms with van der Waals surface area (Å²) < 4.78 is 10.9. The van der Waals surface area contributed by atoms with Gasteiger partial charge in [-0.15, -0.1) is 0 Å². The van der Waals surface area contributed by atoms with Crippen molar-refractivity contribution in [2.24, 2.45) is 0 Å². The molecule has 20 heavy (non-hydrogen) atoms. The third kappa shape index (κ3) is 5.19. The maximum Gasteiger partial charge on any atom is 0.275 e. The Labute approximate surface area is 119 Å². The fourth-order valence-electron chi connectivity index (χ4n) is 2.19. The molecule has 0 saturated carbocycles. The first kappa shape index (κ1) is 14.8. The summed E-state index contributed by atoms with van der Waals surface area (Å²) in [5, 5.41) is 2.89. The van der Waals surface area contributed by atoms with Gasteiger partial charge >= 0.3 is 0 Å². The Morgan fingerprint density at radius 1 is 1.40 bits per heavy atom. The molecule has 1 saturated heterocycles. The highest BCUT2D eigenvalue weighted by Crippen LogP contribution is 2.11. The van der Waals surface area contributed by atoms with Gasteiger partial charge in [-0.25, -0.2) is 0 Å². The zero-order chi connectivity index (χ0) is 14.2. The molecule has 0 bridgehead atoms. The van der Waals surface area contributed by atoms with E-state index < -0.39 is 0 Å². The standard InChI is InChI=1S/C15H22N2O3/c1-13-3-2-4-14(11-13)20-8-5-16-15(18)12-17-6-9-19-10-7-17/h2-4,11H,5-10,12H2,1H3,(H,16,18)/p+1. The molecule has 0 aromatic heterocycles. The number of hydrogen-bond acceptors (Lipinski definition) is 3. The molecule has 0 atom stereocenters. The van der Waals surface area contributed by atoms with Crippen LogP contribution >= 0.6 is 0 Å². The first-order valence-corrected chi connectivity index (χ1v) is 7.11. The molecule has 0 aliphatic carbocycles. The van der Waals surface area contributed by atoms with Gasteiger partial charge in [0.15, 0.2) is 6.54 Å². The van der Waals surface area contributed by atoms with Crippen molar-refractivity contribution in [1.29, 1.82) is 0 Å². The van der Waals surface area contributed by atoms with Crippen LogP contribution in [-0.2, 0) is 9.53 Å². The van der Waals surface area contributed by atoms with Gasteiger partial charge in [0.2, 0.25) is 0 Å². The van der Waals surface area contributed by atoms with E-state index in [1.54, 1.807) is 0 Å². The van der Waals surface area contributed by atoms with E-state index in [0.29, 0.717) is 19.7 Å². The van der Waals surface area contributed by atoms with Crippen molar-refractivity contribution in [3.05, 3.63) is 29.8 Å². The van der Waals surface area contributed by atoms with Crippen LogP contribution in [0.4, 0.5) is 0 Å². The van der Waals surface area contributed by atoms with Crippen LogP contribution in [-0.4, -0.2) is 51.9 Å². The maximum absolute atomic E-state index is 11.7. The van der Waals surface area contributed by atoms with Crippen molar-refractivity contribution in [2.45, 2.75) is 6.92 Å². The summed E-state index contributed by atoms with van der Waals surface area (Å²) in [6.45, 7) is 6.90. The number of quaternary nitrogens is 1. The van der Waals surface area contributed by atoms with E-state index in [4.69, 9.17) is 9.47 Å². The van der Waals surface area contributed by atoms with E-state index in [1.807, 2.05) is 31.2 Å². The highest BCUT2D eigenvalue weighted by molar-refractivity contribution is 5.76. The van der Waals surface area contributed by atoms with Crippen molar-refractivity contribution in [3.63, 3.8) is 0 Å². The predicted molar refractivity (Wildman–Crippen MR) is 76.1 cm³/mol. The minimum atomic E-state index is 0.0785. The van der Waals surface area contributed by atoms with Gasteiger partial charge in [0.25, 0.3) is 5.91 Å². The highest BCUT2D eigenvalue weighted by atomic mass is 16.5. The molecule has 1 heterocycles. The SMILES string of the molecule is Cc1cccc(OCCNC(=O)C[NH+]2CCOCC2)c1. The Balaban J connectivity index is 1.59. The van der Waals surface area contributed by atoms with E-state index in [-0.39, 0.29) is 5.91 Å². The molecule has 5 heteroatoms. The lowest BCUT2D eigenvalue weighted by Crippen LogP contribution is -3.15. The molecule has 0 unspecified atom stereocenters. The number of carbonyl (C=O) groups is 1. The van der Waals surface area contributed by atoms with Gasteiger partial charge in [0, 0.05) is 0 Å². The molecular weight excluding hydrogens is 256 g/mol. The molecule has 0 spiro atoms. The summed E-state index contributed by atoms with van der Waals surface area (Å²) in [6, 6.07) is 7.90. The lowest BCUT2D eigenvalue weighted by atomic mass is 10.2. The topological polar surface area (TPSA) is 52.0 Å². The zero-order valence-corrected chi connectivity index (χ0v) is 12.0. The molecular formula is C15H23N2O3+. The smallest absolute Gasteiger partial charge is 0.275 e. The average Bonchev–Trinajstić information content (AvgIpc) is 2.45. The van der Waals surface area contributed by atoms with Crippen LogP contribution in [0.3, 0.4) is 0 Å². The first-order chi connectivity index (χ1) is 9.74. The largest absolute Gasteiger partial charge is 0.492 e. The van der Waals surface area contributed by atoms with Crippen LogP contribution in [0.15, 0.2) is 24.3 Å². The molecule has 2 rings (SSSR count). The molecule has 0 radical (unpaired) electrons. The normalized spacial score (nSPS) is 15.8. The van der Waals surface area contributed by atoms with Gasteiger partial charge in [-0.1, -0.05) is 12.1 Å². The second-order valence-corrected chi connectivity index (χ2v) is 5.05. The second kappa shape index (κ2) is 7.87. The molecule has 1 aromatic rings. The van der Waals surface area contributed by atoms with Crippen LogP contribution in [0.2, 0.25) is 0 Å². The predicted octanol–water partition coefficient (Wildman–Crippen LogP) is -0.595. The quantitative estimate of drug-likeness (QED) is 0.684. The van der Waals surface area contributed by atoms with Crippen molar-refractivity contribution in [3.8, 4) is 5.75 Å². The second-order valence-electron chi connectivity index (χ2n) is 5.05. The Morgan fingerprint density at radius 3 is 2.95 bits per heavy atom. The number of ether oxygens (including phenoxy) is 2. The van der Waals surface area contributed by atoms with Gasteiger partial charge in [-0.2, -0.15) is 0 Å². The zero-order valence-electron chi connectivity index (χ0n) is 12.0. The summed E-state index contributed by atoms with van der Waals surface area (Å²) in [7, 11) is 0. The first-order valence-electron chi connectivity index (χ1n) is 7.11. The van der Waals surface area contributed by atoms with Crippen LogP contribution in [0.25, 0.3) is 0 Å². The van der Waals surface area contributed by atoms with Gasteiger partial charge in [0.05, 0.1) is 19.8 Å². The Kier molecular flexibility index (Phi) is 5.83. The van der Waals surface area contributed by atoms with Crippen LogP contribution in [0.1, 0.15) is 5.56 Å². The summed E-state index contributed by atoms with van der Waals surface area (Å²) >= 11 is 0. The van der Waals surface area contributed by atoms with Gasteiger partial charge < -0.3 is 19.7 Å². The Morgan fingerprint density at radius 2 is 2.20 bits per heavy atom. The molecule has 1 aliphatic rings. The van der Waals surface area contributed by atoms with Gasteiger partial charge in [-0.05, 0) is 24.6 Å². The van der Waals surface area contributed by atoms with E-state index in [0.717, 1.165) is 32.1 Å². The fourth-order valence-corrected chi connectivity index (χ4v) is 2.19. The minimum Gasteiger partial charge on any atom is -0.492 e. The average molecular weight is 279 g/mol. The Hall–Kier alpha value is -1.59. The monoisotopic (exact) mass is 279 g/mol. The summed E-state index contributed by atoms with van der Waals surface area (Å²) in [5.74, 6) is 0.924. The highest BCUT2D eigenvalue weighted by Gasteiger charge is 2.16. The van der Waals surface area contributed by atoms with E-state index >= 15 is 0 Å². The third-order valence-corrected chi connectivity index (χ3v) is 3.29. The summed E-state index contributed by atoms with van der Waals surface area (Å²) in [5.41, 5.74) is 1.17. The molecule has 1 aliphatic heterocycles. The van der Waals surface area contributed by atoms with E-state index in [9.17, 15) is 4.79 Å².